The van der Waals surface area contributed by atoms with Gasteiger partial charge in [-0.1, -0.05) is 25.8 Å². The van der Waals surface area contributed by atoms with E-state index < -0.39 is 0 Å². The Kier molecular flexibility index (Phi) is 5.59. The zero-order valence-electron chi connectivity index (χ0n) is 8.14. The first kappa shape index (κ1) is 10.2. The van der Waals surface area contributed by atoms with Gasteiger partial charge in [-0.05, 0) is 42.8 Å². The lowest BCUT2D eigenvalue weighted by atomic mass is 10.2. The summed E-state index contributed by atoms with van der Waals surface area (Å²) in [7, 11) is 0. The molecule has 0 atom stereocenters. The van der Waals surface area contributed by atoms with Crippen molar-refractivity contribution in [2.75, 3.05) is 5.75 Å². The average molecular weight is 184 g/mol. The van der Waals surface area contributed by atoms with Crippen molar-refractivity contribution in [2.45, 2.75) is 51.9 Å². The van der Waals surface area contributed by atoms with Crippen LogP contribution >= 0.6 is 11.8 Å². The summed E-state index contributed by atoms with van der Waals surface area (Å²) >= 11 is 2.10. The van der Waals surface area contributed by atoms with Gasteiger partial charge >= 0.3 is 0 Å². The molecule has 1 aliphatic carbocycles. The second-order valence-electron chi connectivity index (χ2n) is 3.47. The van der Waals surface area contributed by atoms with Crippen LogP contribution in [0.25, 0.3) is 0 Å². The molecule has 1 rings (SSSR count). The highest BCUT2D eigenvalue weighted by atomic mass is 32.2. The van der Waals surface area contributed by atoms with Crippen molar-refractivity contribution in [3.05, 3.63) is 11.0 Å². The maximum Gasteiger partial charge on any atom is -0.00235 e. The van der Waals surface area contributed by atoms with Crippen molar-refractivity contribution in [3.8, 4) is 0 Å². The summed E-state index contributed by atoms with van der Waals surface area (Å²) in [6, 6.07) is 0. The van der Waals surface area contributed by atoms with Gasteiger partial charge < -0.3 is 0 Å². The summed E-state index contributed by atoms with van der Waals surface area (Å²) in [5.74, 6) is 1.34. The van der Waals surface area contributed by atoms with Crippen molar-refractivity contribution < 1.29 is 0 Å². The second-order valence-corrected chi connectivity index (χ2v) is 4.69. The van der Waals surface area contributed by atoms with Gasteiger partial charge in [0.2, 0.25) is 0 Å². The number of hydrogen-bond donors (Lipinski definition) is 0. The van der Waals surface area contributed by atoms with Crippen molar-refractivity contribution in [2.24, 2.45) is 0 Å². The van der Waals surface area contributed by atoms with E-state index in [4.69, 9.17) is 0 Å². The van der Waals surface area contributed by atoms with Crippen LogP contribution in [0.1, 0.15) is 51.9 Å². The summed E-state index contributed by atoms with van der Waals surface area (Å²) in [6.45, 7) is 2.27. The van der Waals surface area contributed by atoms with E-state index in [2.05, 4.69) is 24.8 Å². The van der Waals surface area contributed by atoms with E-state index in [0.717, 1.165) is 0 Å². The van der Waals surface area contributed by atoms with Crippen LogP contribution in [0.3, 0.4) is 0 Å². The zero-order chi connectivity index (χ0) is 8.65. The molecule has 0 saturated heterocycles. The third-order valence-corrected chi connectivity index (χ3v) is 3.52. The minimum Gasteiger partial charge on any atom is -0.131 e. The number of allylic oxidation sites excluding steroid dienone is 2. The van der Waals surface area contributed by atoms with Crippen LogP contribution in [-0.2, 0) is 0 Å². The average Bonchev–Trinajstić information content (AvgIpc) is 2.33. The first-order valence-corrected chi connectivity index (χ1v) is 6.24. The fraction of sp³-hybridized carbons (Fsp3) is 0.818. The first-order valence-electron chi connectivity index (χ1n) is 5.25. The topological polar surface area (TPSA) is 0 Å². The van der Waals surface area contributed by atoms with Crippen LogP contribution in [0.4, 0.5) is 0 Å². The quantitative estimate of drug-likeness (QED) is 0.585. The maximum absolute atomic E-state index is 2.47. The van der Waals surface area contributed by atoms with E-state index in [9.17, 15) is 0 Å². The van der Waals surface area contributed by atoms with Gasteiger partial charge in [0.05, 0.1) is 0 Å². The van der Waals surface area contributed by atoms with E-state index in [-0.39, 0.29) is 0 Å². The molecular formula is C11H20S. The van der Waals surface area contributed by atoms with E-state index in [1.165, 1.54) is 50.7 Å². The van der Waals surface area contributed by atoms with Crippen LogP contribution in [-0.4, -0.2) is 5.75 Å². The molecule has 0 radical (unpaired) electrons. The van der Waals surface area contributed by atoms with Crippen LogP contribution in [0, 0.1) is 0 Å². The molecule has 1 heteroatoms. The van der Waals surface area contributed by atoms with Gasteiger partial charge in [-0.3, -0.25) is 0 Å². The van der Waals surface area contributed by atoms with Crippen LogP contribution < -0.4 is 0 Å². The highest BCUT2D eigenvalue weighted by Crippen LogP contribution is 2.27. The lowest BCUT2D eigenvalue weighted by Gasteiger charge is -2.03. The molecule has 0 saturated carbocycles. The van der Waals surface area contributed by atoms with Crippen LogP contribution in [0.2, 0.25) is 0 Å². The first-order chi connectivity index (χ1) is 5.93. The Morgan fingerprint density at radius 3 is 3.08 bits per heavy atom. The van der Waals surface area contributed by atoms with E-state index >= 15 is 0 Å². The fourth-order valence-electron chi connectivity index (χ4n) is 1.46. The molecule has 0 N–H and O–H groups in total. The molecule has 0 aromatic carbocycles. The number of hydrogen-bond acceptors (Lipinski definition) is 1. The maximum atomic E-state index is 2.47. The van der Waals surface area contributed by atoms with Crippen molar-refractivity contribution in [1.82, 2.24) is 0 Å². The molecular weight excluding hydrogens is 164 g/mol. The molecule has 0 aromatic rings. The Morgan fingerprint density at radius 2 is 2.25 bits per heavy atom. The lowest BCUT2D eigenvalue weighted by Crippen LogP contribution is -1.81. The van der Waals surface area contributed by atoms with E-state index in [1.54, 1.807) is 4.91 Å². The molecule has 0 heterocycles. The molecule has 0 amide bonds. The summed E-state index contributed by atoms with van der Waals surface area (Å²) < 4.78 is 0. The van der Waals surface area contributed by atoms with E-state index in [1.807, 2.05) is 0 Å². The fourth-order valence-corrected chi connectivity index (χ4v) is 2.68. The Hall–Kier alpha value is 0.0900. The molecule has 0 fully saturated rings. The van der Waals surface area contributed by atoms with Crippen LogP contribution in [0.5, 0.6) is 0 Å². The highest BCUT2D eigenvalue weighted by Gasteiger charge is 2.02. The van der Waals surface area contributed by atoms with Gasteiger partial charge in [0, 0.05) is 0 Å². The summed E-state index contributed by atoms with van der Waals surface area (Å²) in [5, 5.41) is 0. The molecule has 12 heavy (non-hydrogen) atoms. The van der Waals surface area contributed by atoms with Crippen LogP contribution in [0.15, 0.2) is 11.0 Å². The Balaban J connectivity index is 2.15. The molecule has 0 unspecified atom stereocenters. The van der Waals surface area contributed by atoms with Crippen molar-refractivity contribution >= 4 is 11.8 Å². The molecule has 0 aliphatic heterocycles. The minimum atomic E-state index is 1.33. The van der Waals surface area contributed by atoms with E-state index in [0.29, 0.717) is 0 Å². The molecule has 1 aliphatic rings. The predicted octanol–water partition coefficient (Wildman–Crippen LogP) is 4.37. The zero-order valence-corrected chi connectivity index (χ0v) is 8.96. The highest BCUT2D eigenvalue weighted by molar-refractivity contribution is 8.03. The molecule has 70 valence electrons. The smallest absolute Gasteiger partial charge is 0.00235 e. The Morgan fingerprint density at radius 1 is 1.33 bits per heavy atom. The summed E-state index contributed by atoms with van der Waals surface area (Å²) in [5.41, 5.74) is 0. The molecule has 0 bridgehead atoms. The number of thioether (sulfide) groups is 1. The molecule has 0 aromatic heterocycles. The number of unbranched alkanes of at least 4 members (excludes halogenated alkanes) is 1. The number of rotatable bonds is 4. The third-order valence-electron chi connectivity index (χ3n) is 2.28. The lowest BCUT2D eigenvalue weighted by molar-refractivity contribution is 0.716. The Bertz CT molecular complexity index is 138. The van der Waals surface area contributed by atoms with Gasteiger partial charge in [-0.25, -0.2) is 0 Å². The normalized spacial score (nSPS) is 18.6. The monoisotopic (exact) mass is 184 g/mol. The minimum absolute atomic E-state index is 1.33. The van der Waals surface area contributed by atoms with Gasteiger partial charge in [-0.2, -0.15) is 0 Å². The molecule has 0 nitrogen and oxygen atoms in total. The SMILES string of the molecule is CCCCSC1=CCCCCC1. The molecule has 0 spiro atoms. The largest absolute Gasteiger partial charge is 0.131 e. The van der Waals surface area contributed by atoms with Crippen molar-refractivity contribution in [3.63, 3.8) is 0 Å². The second kappa shape index (κ2) is 6.59. The van der Waals surface area contributed by atoms with Gasteiger partial charge in [0.25, 0.3) is 0 Å². The van der Waals surface area contributed by atoms with Gasteiger partial charge in [0.15, 0.2) is 0 Å². The van der Waals surface area contributed by atoms with Gasteiger partial charge in [0.1, 0.15) is 0 Å². The third kappa shape index (κ3) is 4.20. The van der Waals surface area contributed by atoms with Gasteiger partial charge in [-0.15, -0.1) is 11.8 Å². The standard InChI is InChI=1S/C11H20S/c1-2-3-10-12-11-8-6-4-5-7-9-11/h8H,2-7,9-10H2,1H3. The summed E-state index contributed by atoms with van der Waals surface area (Å²) in [4.78, 5) is 1.67. The Labute approximate surface area is 80.8 Å². The predicted molar refractivity (Wildman–Crippen MR) is 58.5 cm³/mol. The van der Waals surface area contributed by atoms with Crippen molar-refractivity contribution in [1.29, 1.82) is 0 Å². The summed E-state index contributed by atoms with van der Waals surface area (Å²) in [6.07, 6.45) is 12.1.